The average molecular weight is 234 g/mol. The summed E-state index contributed by atoms with van der Waals surface area (Å²) in [4.78, 5) is 11.0. The van der Waals surface area contributed by atoms with Gasteiger partial charge in [-0.3, -0.25) is 4.79 Å². The molecule has 0 fully saturated rings. The molecular weight excluding hydrogens is 225 g/mol. The fourth-order valence-corrected chi connectivity index (χ4v) is 1.60. The fourth-order valence-electron chi connectivity index (χ4n) is 1.03. The highest BCUT2D eigenvalue weighted by Gasteiger charge is 2.11. The van der Waals surface area contributed by atoms with Crippen molar-refractivity contribution in [2.75, 3.05) is 12.8 Å². The van der Waals surface area contributed by atoms with Gasteiger partial charge in [0.25, 0.3) is 0 Å². The number of hydrogen-bond donors (Lipinski definition) is 1. The number of nitrogen functional groups attached to an aromatic ring is 1. The monoisotopic (exact) mass is 233 g/mol. The SMILES string of the molecule is COC(=O)Cc1c(N)cc(Cl)cc1Cl. The van der Waals surface area contributed by atoms with Crippen molar-refractivity contribution in [1.82, 2.24) is 0 Å². The van der Waals surface area contributed by atoms with Crippen LogP contribution in [0.3, 0.4) is 0 Å². The minimum Gasteiger partial charge on any atom is -0.469 e. The van der Waals surface area contributed by atoms with Gasteiger partial charge in [-0.25, -0.2) is 0 Å². The van der Waals surface area contributed by atoms with Crippen molar-refractivity contribution in [2.45, 2.75) is 6.42 Å². The number of hydrogen-bond acceptors (Lipinski definition) is 3. The molecule has 0 aliphatic rings. The topological polar surface area (TPSA) is 52.3 Å². The van der Waals surface area contributed by atoms with E-state index in [1.54, 1.807) is 6.07 Å². The zero-order valence-electron chi connectivity index (χ0n) is 7.51. The Morgan fingerprint density at radius 1 is 1.50 bits per heavy atom. The average Bonchev–Trinajstić information content (AvgIpc) is 2.10. The fraction of sp³-hybridized carbons (Fsp3) is 0.222. The van der Waals surface area contributed by atoms with Crippen LogP contribution < -0.4 is 5.73 Å². The molecule has 0 aliphatic carbocycles. The maximum absolute atomic E-state index is 11.0. The van der Waals surface area contributed by atoms with Gasteiger partial charge in [0.2, 0.25) is 0 Å². The van der Waals surface area contributed by atoms with Gasteiger partial charge in [0.15, 0.2) is 0 Å². The predicted molar refractivity (Wildman–Crippen MR) is 56.6 cm³/mol. The zero-order valence-corrected chi connectivity index (χ0v) is 9.02. The van der Waals surface area contributed by atoms with Crippen LogP contribution in [-0.4, -0.2) is 13.1 Å². The van der Waals surface area contributed by atoms with Crippen molar-refractivity contribution in [2.24, 2.45) is 0 Å². The summed E-state index contributed by atoms with van der Waals surface area (Å²) in [5.41, 5.74) is 6.59. The van der Waals surface area contributed by atoms with E-state index in [4.69, 9.17) is 28.9 Å². The lowest BCUT2D eigenvalue weighted by molar-refractivity contribution is -0.139. The van der Waals surface area contributed by atoms with E-state index in [2.05, 4.69) is 4.74 Å². The molecule has 1 aromatic carbocycles. The van der Waals surface area contributed by atoms with Gasteiger partial charge in [0, 0.05) is 21.3 Å². The van der Waals surface area contributed by atoms with Crippen LogP contribution in [0.2, 0.25) is 10.0 Å². The first-order valence-corrected chi connectivity index (χ1v) is 4.60. The molecule has 0 heterocycles. The summed E-state index contributed by atoms with van der Waals surface area (Å²) in [5, 5.41) is 0.821. The number of carbonyl (C=O) groups excluding carboxylic acids is 1. The van der Waals surface area contributed by atoms with Gasteiger partial charge < -0.3 is 10.5 Å². The van der Waals surface area contributed by atoms with Gasteiger partial charge in [0.1, 0.15) is 0 Å². The van der Waals surface area contributed by atoms with Crippen LogP contribution in [0.25, 0.3) is 0 Å². The molecule has 76 valence electrons. The number of anilines is 1. The van der Waals surface area contributed by atoms with E-state index >= 15 is 0 Å². The lowest BCUT2D eigenvalue weighted by Crippen LogP contribution is -2.07. The van der Waals surface area contributed by atoms with Crippen molar-refractivity contribution >= 4 is 34.9 Å². The van der Waals surface area contributed by atoms with E-state index in [1.807, 2.05) is 0 Å². The molecule has 0 amide bonds. The maximum atomic E-state index is 11.0. The van der Waals surface area contributed by atoms with E-state index in [0.717, 1.165) is 0 Å². The summed E-state index contributed by atoms with van der Waals surface area (Å²) in [5.74, 6) is -0.388. The smallest absolute Gasteiger partial charge is 0.310 e. The van der Waals surface area contributed by atoms with Crippen molar-refractivity contribution in [3.63, 3.8) is 0 Å². The van der Waals surface area contributed by atoms with E-state index in [-0.39, 0.29) is 12.4 Å². The molecule has 2 N–H and O–H groups in total. The lowest BCUT2D eigenvalue weighted by Gasteiger charge is -2.07. The third-order valence-corrected chi connectivity index (χ3v) is 2.30. The van der Waals surface area contributed by atoms with Crippen molar-refractivity contribution in [1.29, 1.82) is 0 Å². The second kappa shape index (κ2) is 4.53. The minimum absolute atomic E-state index is 0.0539. The van der Waals surface area contributed by atoms with Gasteiger partial charge in [-0.05, 0) is 12.1 Å². The first-order chi connectivity index (χ1) is 6.54. The molecule has 0 atom stereocenters. The Hall–Kier alpha value is -0.930. The molecule has 1 rings (SSSR count). The molecule has 0 aromatic heterocycles. The number of methoxy groups -OCH3 is 1. The van der Waals surface area contributed by atoms with Gasteiger partial charge in [0.05, 0.1) is 13.5 Å². The predicted octanol–water partition coefficient (Wildman–Crippen LogP) is 2.29. The highest BCUT2D eigenvalue weighted by molar-refractivity contribution is 6.35. The summed E-state index contributed by atoms with van der Waals surface area (Å²) < 4.78 is 4.51. The third-order valence-electron chi connectivity index (χ3n) is 1.74. The van der Waals surface area contributed by atoms with Crippen LogP contribution in [0.15, 0.2) is 12.1 Å². The number of nitrogens with two attached hydrogens (primary N) is 1. The normalized spacial score (nSPS) is 9.93. The van der Waals surface area contributed by atoms with Crippen molar-refractivity contribution in [3.05, 3.63) is 27.7 Å². The second-order valence-corrected chi connectivity index (χ2v) is 3.55. The molecule has 14 heavy (non-hydrogen) atoms. The number of ether oxygens (including phenoxy) is 1. The van der Waals surface area contributed by atoms with Crippen LogP contribution in [0.4, 0.5) is 5.69 Å². The van der Waals surface area contributed by atoms with Gasteiger partial charge in [-0.1, -0.05) is 23.2 Å². The molecule has 0 unspecified atom stereocenters. The number of rotatable bonds is 2. The summed E-state index contributed by atoms with van der Waals surface area (Å²) in [6.07, 6.45) is 0.0539. The molecule has 1 aromatic rings. The van der Waals surface area contributed by atoms with Crippen LogP contribution in [0.5, 0.6) is 0 Å². The molecular formula is C9H9Cl2NO2. The Kier molecular flexibility index (Phi) is 3.61. The van der Waals surface area contributed by atoms with Gasteiger partial charge in [-0.15, -0.1) is 0 Å². The number of benzene rings is 1. The highest BCUT2D eigenvalue weighted by Crippen LogP contribution is 2.27. The molecule has 0 bridgehead atoms. The second-order valence-electron chi connectivity index (χ2n) is 2.71. The molecule has 0 aliphatic heterocycles. The largest absolute Gasteiger partial charge is 0.469 e. The number of carbonyl (C=O) groups is 1. The molecule has 0 saturated carbocycles. The minimum atomic E-state index is -0.388. The Labute approximate surface area is 91.7 Å². The van der Waals surface area contributed by atoms with Crippen molar-refractivity contribution in [3.8, 4) is 0 Å². The summed E-state index contributed by atoms with van der Waals surface area (Å²) in [6, 6.07) is 3.09. The summed E-state index contributed by atoms with van der Waals surface area (Å²) >= 11 is 11.6. The molecule has 5 heteroatoms. The van der Waals surface area contributed by atoms with E-state index < -0.39 is 0 Å². The third kappa shape index (κ3) is 2.53. The van der Waals surface area contributed by atoms with Crippen molar-refractivity contribution < 1.29 is 9.53 Å². The van der Waals surface area contributed by atoms with Gasteiger partial charge >= 0.3 is 5.97 Å². The highest BCUT2D eigenvalue weighted by atomic mass is 35.5. The molecule has 3 nitrogen and oxygen atoms in total. The van der Waals surface area contributed by atoms with E-state index in [1.165, 1.54) is 13.2 Å². The maximum Gasteiger partial charge on any atom is 0.310 e. The zero-order chi connectivity index (χ0) is 10.7. The van der Waals surface area contributed by atoms with Crippen LogP contribution in [0.1, 0.15) is 5.56 Å². The molecule has 0 saturated heterocycles. The van der Waals surface area contributed by atoms with Crippen LogP contribution >= 0.6 is 23.2 Å². The number of esters is 1. The molecule has 0 radical (unpaired) electrons. The molecule has 0 spiro atoms. The Balaban J connectivity index is 3.02. The standard InChI is InChI=1S/C9H9Cl2NO2/c1-14-9(13)4-6-7(11)2-5(10)3-8(6)12/h2-3H,4,12H2,1H3. The Bertz CT molecular complexity index is 343. The summed E-state index contributed by atoms with van der Waals surface area (Å²) in [6.45, 7) is 0. The van der Waals surface area contributed by atoms with E-state index in [9.17, 15) is 4.79 Å². The van der Waals surface area contributed by atoms with Crippen LogP contribution in [-0.2, 0) is 16.0 Å². The number of halogens is 2. The Morgan fingerprint density at radius 2 is 2.14 bits per heavy atom. The lowest BCUT2D eigenvalue weighted by atomic mass is 10.1. The first kappa shape index (κ1) is 11.1. The van der Waals surface area contributed by atoms with Crippen LogP contribution in [0, 0.1) is 0 Å². The van der Waals surface area contributed by atoms with E-state index in [0.29, 0.717) is 21.3 Å². The Morgan fingerprint density at radius 3 is 2.64 bits per heavy atom. The quantitative estimate of drug-likeness (QED) is 0.630. The summed E-state index contributed by atoms with van der Waals surface area (Å²) in [7, 11) is 1.31. The van der Waals surface area contributed by atoms with Gasteiger partial charge in [-0.2, -0.15) is 0 Å². The first-order valence-electron chi connectivity index (χ1n) is 3.84.